The monoisotopic (exact) mass is 301 g/mol. The van der Waals surface area contributed by atoms with Crippen molar-refractivity contribution in [2.45, 2.75) is 20.3 Å². The summed E-state index contributed by atoms with van der Waals surface area (Å²) in [6.07, 6.45) is 0.636. The van der Waals surface area contributed by atoms with E-state index in [0.717, 1.165) is 5.56 Å². The molecule has 1 atom stereocenters. The average molecular weight is 301 g/mol. The standard InChI is InChI=1S/C16H19N3O3/c1-11(8-13-6-4-3-5-7-13)16(21)17-10-15(20)18-14-9-12(2)22-19-14/h3-7,9,11H,8,10H2,1-2H3,(H,17,21)(H,18,19,20). The molecule has 0 bridgehead atoms. The quantitative estimate of drug-likeness (QED) is 0.853. The van der Waals surface area contributed by atoms with E-state index in [-0.39, 0.29) is 24.3 Å². The fourth-order valence-corrected chi connectivity index (χ4v) is 2.01. The number of carbonyl (C=O) groups is 2. The van der Waals surface area contributed by atoms with Crippen molar-refractivity contribution in [3.05, 3.63) is 47.7 Å². The fraction of sp³-hybridized carbons (Fsp3) is 0.312. The molecule has 0 aliphatic carbocycles. The topological polar surface area (TPSA) is 84.2 Å². The Kier molecular flexibility index (Phi) is 5.30. The molecule has 2 aromatic rings. The zero-order chi connectivity index (χ0) is 15.9. The third kappa shape index (κ3) is 4.73. The average Bonchev–Trinajstić information content (AvgIpc) is 2.90. The van der Waals surface area contributed by atoms with E-state index in [2.05, 4.69) is 15.8 Å². The molecule has 0 aliphatic rings. The van der Waals surface area contributed by atoms with Crippen LogP contribution in [0.15, 0.2) is 40.9 Å². The van der Waals surface area contributed by atoms with Crippen molar-refractivity contribution in [1.82, 2.24) is 10.5 Å². The summed E-state index contributed by atoms with van der Waals surface area (Å²) in [6.45, 7) is 3.47. The molecule has 1 unspecified atom stereocenters. The number of hydrogen-bond donors (Lipinski definition) is 2. The van der Waals surface area contributed by atoms with E-state index in [9.17, 15) is 9.59 Å². The molecule has 1 heterocycles. The number of hydrogen-bond acceptors (Lipinski definition) is 4. The number of anilines is 1. The molecule has 0 spiro atoms. The van der Waals surface area contributed by atoms with Gasteiger partial charge in [-0.15, -0.1) is 0 Å². The highest BCUT2D eigenvalue weighted by molar-refractivity contribution is 5.94. The first-order valence-electron chi connectivity index (χ1n) is 7.09. The van der Waals surface area contributed by atoms with Crippen LogP contribution in [-0.2, 0) is 16.0 Å². The summed E-state index contributed by atoms with van der Waals surface area (Å²) in [5, 5.41) is 8.82. The van der Waals surface area contributed by atoms with Crippen molar-refractivity contribution in [2.75, 3.05) is 11.9 Å². The van der Waals surface area contributed by atoms with Crippen LogP contribution in [0.5, 0.6) is 0 Å². The molecular formula is C16H19N3O3. The maximum atomic E-state index is 12.0. The molecule has 1 aromatic heterocycles. The van der Waals surface area contributed by atoms with Crippen LogP contribution in [0.4, 0.5) is 5.82 Å². The molecule has 22 heavy (non-hydrogen) atoms. The Morgan fingerprint density at radius 1 is 1.27 bits per heavy atom. The summed E-state index contributed by atoms with van der Waals surface area (Å²) < 4.78 is 4.84. The van der Waals surface area contributed by atoms with Gasteiger partial charge in [0.2, 0.25) is 11.8 Å². The lowest BCUT2D eigenvalue weighted by Crippen LogP contribution is -2.36. The van der Waals surface area contributed by atoms with E-state index in [1.54, 1.807) is 13.0 Å². The maximum absolute atomic E-state index is 12.0. The number of rotatable bonds is 6. The molecule has 0 saturated heterocycles. The molecule has 6 nitrogen and oxygen atoms in total. The minimum atomic E-state index is -0.339. The fourth-order valence-electron chi connectivity index (χ4n) is 2.01. The Morgan fingerprint density at radius 2 is 2.00 bits per heavy atom. The van der Waals surface area contributed by atoms with Crippen LogP contribution in [-0.4, -0.2) is 23.5 Å². The van der Waals surface area contributed by atoms with Crippen LogP contribution < -0.4 is 10.6 Å². The highest BCUT2D eigenvalue weighted by Gasteiger charge is 2.15. The lowest BCUT2D eigenvalue weighted by Gasteiger charge is -2.11. The highest BCUT2D eigenvalue weighted by Crippen LogP contribution is 2.08. The first kappa shape index (κ1) is 15.8. The Bertz CT molecular complexity index is 637. The molecule has 2 N–H and O–H groups in total. The third-order valence-electron chi connectivity index (χ3n) is 3.15. The Balaban J connectivity index is 1.75. The van der Waals surface area contributed by atoms with Gasteiger partial charge in [0.25, 0.3) is 0 Å². The predicted molar refractivity (Wildman–Crippen MR) is 82.2 cm³/mol. The van der Waals surface area contributed by atoms with Crippen LogP contribution >= 0.6 is 0 Å². The van der Waals surface area contributed by atoms with Crippen LogP contribution in [0.1, 0.15) is 18.2 Å². The van der Waals surface area contributed by atoms with Gasteiger partial charge in [-0.25, -0.2) is 0 Å². The van der Waals surface area contributed by atoms with E-state index >= 15 is 0 Å². The summed E-state index contributed by atoms with van der Waals surface area (Å²) >= 11 is 0. The number of amides is 2. The molecule has 0 radical (unpaired) electrons. The number of aryl methyl sites for hydroxylation is 1. The van der Waals surface area contributed by atoms with Gasteiger partial charge in [-0.05, 0) is 18.9 Å². The first-order chi connectivity index (χ1) is 10.5. The number of nitrogens with one attached hydrogen (secondary N) is 2. The smallest absolute Gasteiger partial charge is 0.245 e. The van der Waals surface area contributed by atoms with Crippen LogP contribution in [0.2, 0.25) is 0 Å². The summed E-state index contributed by atoms with van der Waals surface area (Å²) in [5.74, 6) is 0.248. The minimum absolute atomic E-state index is 0.0934. The van der Waals surface area contributed by atoms with Gasteiger partial charge in [0, 0.05) is 12.0 Å². The Labute approximate surface area is 128 Å². The number of carbonyl (C=O) groups excluding carboxylic acids is 2. The second-order valence-corrected chi connectivity index (χ2v) is 5.18. The van der Waals surface area contributed by atoms with E-state index in [1.807, 2.05) is 37.3 Å². The molecule has 2 amide bonds. The van der Waals surface area contributed by atoms with Crippen LogP contribution in [0.3, 0.4) is 0 Å². The van der Waals surface area contributed by atoms with Crippen molar-refractivity contribution in [3.63, 3.8) is 0 Å². The molecule has 0 saturated carbocycles. The second kappa shape index (κ2) is 7.40. The number of nitrogens with zero attached hydrogens (tertiary/aromatic N) is 1. The van der Waals surface area contributed by atoms with Gasteiger partial charge in [-0.2, -0.15) is 0 Å². The number of aromatic nitrogens is 1. The van der Waals surface area contributed by atoms with Gasteiger partial charge in [0.1, 0.15) is 5.76 Å². The van der Waals surface area contributed by atoms with E-state index in [1.165, 1.54) is 0 Å². The molecule has 0 aliphatic heterocycles. The maximum Gasteiger partial charge on any atom is 0.245 e. The van der Waals surface area contributed by atoms with Gasteiger partial charge in [0.15, 0.2) is 5.82 Å². The largest absolute Gasteiger partial charge is 0.360 e. The second-order valence-electron chi connectivity index (χ2n) is 5.18. The lowest BCUT2D eigenvalue weighted by molar-refractivity contribution is -0.126. The van der Waals surface area contributed by atoms with Crippen LogP contribution in [0.25, 0.3) is 0 Å². The van der Waals surface area contributed by atoms with E-state index < -0.39 is 0 Å². The van der Waals surface area contributed by atoms with Crippen molar-refractivity contribution in [2.24, 2.45) is 5.92 Å². The number of benzene rings is 1. The highest BCUT2D eigenvalue weighted by atomic mass is 16.5. The summed E-state index contributed by atoms with van der Waals surface area (Å²) in [7, 11) is 0. The third-order valence-corrected chi connectivity index (χ3v) is 3.15. The molecule has 0 fully saturated rings. The van der Waals surface area contributed by atoms with Crippen molar-refractivity contribution in [1.29, 1.82) is 0 Å². The summed E-state index contributed by atoms with van der Waals surface area (Å²) in [4.78, 5) is 23.7. The summed E-state index contributed by atoms with van der Waals surface area (Å²) in [5.41, 5.74) is 1.09. The zero-order valence-corrected chi connectivity index (χ0v) is 12.6. The SMILES string of the molecule is Cc1cc(NC(=O)CNC(=O)C(C)Cc2ccccc2)no1. The predicted octanol–water partition coefficient (Wildman–Crippen LogP) is 1.92. The minimum Gasteiger partial charge on any atom is -0.360 e. The molecule has 6 heteroatoms. The van der Waals surface area contributed by atoms with Crippen LogP contribution in [0, 0.1) is 12.8 Å². The Hall–Kier alpha value is -2.63. The summed E-state index contributed by atoms with van der Waals surface area (Å²) in [6, 6.07) is 11.4. The zero-order valence-electron chi connectivity index (χ0n) is 12.6. The molecular weight excluding hydrogens is 282 g/mol. The van der Waals surface area contributed by atoms with Crippen molar-refractivity contribution < 1.29 is 14.1 Å². The van der Waals surface area contributed by atoms with Gasteiger partial charge in [0.05, 0.1) is 6.54 Å². The lowest BCUT2D eigenvalue weighted by atomic mass is 10.0. The van der Waals surface area contributed by atoms with E-state index in [0.29, 0.717) is 18.0 Å². The molecule has 1 aromatic carbocycles. The van der Waals surface area contributed by atoms with Gasteiger partial charge >= 0.3 is 0 Å². The van der Waals surface area contributed by atoms with Crippen molar-refractivity contribution >= 4 is 17.6 Å². The van der Waals surface area contributed by atoms with Crippen molar-refractivity contribution in [3.8, 4) is 0 Å². The normalized spacial score (nSPS) is 11.7. The van der Waals surface area contributed by atoms with Gasteiger partial charge < -0.3 is 15.2 Å². The molecule has 2 rings (SSSR count). The van der Waals surface area contributed by atoms with E-state index in [4.69, 9.17) is 4.52 Å². The van der Waals surface area contributed by atoms with Gasteiger partial charge in [-0.1, -0.05) is 42.4 Å². The molecule has 116 valence electrons. The Morgan fingerprint density at radius 3 is 2.64 bits per heavy atom. The first-order valence-corrected chi connectivity index (χ1v) is 7.09. The van der Waals surface area contributed by atoms with Gasteiger partial charge in [-0.3, -0.25) is 9.59 Å².